The molecule has 18 heavy (non-hydrogen) atoms. The number of aromatic nitrogens is 3. The number of rotatable bonds is 3. The van der Waals surface area contributed by atoms with Crippen molar-refractivity contribution in [1.29, 1.82) is 0 Å². The van der Waals surface area contributed by atoms with E-state index >= 15 is 0 Å². The van der Waals surface area contributed by atoms with E-state index in [2.05, 4.69) is 10.3 Å². The van der Waals surface area contributed by atoms with Gasteiger partial charge in [-0.2, -0.15) is 5.10 Å². The minimum absolute atomic E-state index is 0.0683. The molecule has 2 aromatic rings. The third-order valence-electron chi connectivity index (χ3n) is 2.89. The van der Waals surface area contributed by atoms with Crippen molar-refractivity contribution in [1.82, 2.24) is 19.8 Å². The molecule has 0 saturated carbocycles. The van der Waals surface area contributed by atoms with Crippen molar-refractivity contribution in [3.63, 3.8) is 0 Å². The molecule has 0 aliphatic carbocycles. The van der Waals surface area contributed by atoms with Gasteiger partial charge in [0.1, 0.15) is 11.5 Å². The van der Waals surface area contributed by atoms with E-state index in [0.717, 1.165) is 17.1 Å². The summed E-state index contributed by atoms with van der Waals surface area (Å²) in [6.45, 7) is 4.11. The van der Waals surface area contributed by atoms with Gasteiger partial charge >= 0.3 is 0 Å². The van der Waals surface area contributed by atoms with E-state index in [1.807, 2.05) is 27.0 Å². The van der Waals surface area contributed by atoms with Crippen LogP contribution >= 0.6 is 0 Å². The molecule has 0 N–H and O–H groups in total. The van der Waals surface area contributed by atoms with Gasteiger partial charge in [-0.3, -0.25) is 9.48 Å². The SMILES string of the molecule is Cc1cc(CN(C)C(=O)c2cnn(C)c2C)no1. The van der Waals surface area contributed by atoms with Crippen LogP contribution in [0.4, 0.5) is 0 Å². The summed E-state index contributed by atoms with van der Waals surface area (Å²) in [5, 5.41) is 7.94. The molecule has 0 aromatic carbocycles. The molecule has 2 heterocycles. The van der Waals surface area contributed by atoms with Crippen LogP contribution in [0.1, 0.15) is 27.5 Å². The Balaban J connectivity index is 2.12. The first-order chi connectivity index (χ1) is 8.49. The van der Waals surface area contributed by atoms with Crippen LogP contribution in [-0.4, -0.2) is 32.8 Å². The zero-order valence-corrected chi connectivity index (χ0v) is 11.0. The summed E-state index contributed by atoms with van der Waals surface area (Å²) >= 11 is 0. The fourth-order valence-corrected chi connectivity index (χ4v) is 1.72. The van der Waals surface area contributed by atoms with Gasteiger partial charge in [-0.05, 0) is 13.8 Å². The van der Waals surface area contributed by atoms with Crippen LogP contribution < -0.4 is 0 Å². The van der Waals surface area contributed by atoms with E-state index in [0.29, 0.717) is 12.1 Å². The molecule has 6 nitrogen and oxygen atoms in total. The highest BCUT2D eigenvalue weighted by molar-refractivity contribution is 5.94. The molecule has 0 radical (unpaired) electrons. The minimum atomic E-state index is -0.0683. The molecule has 0 aliphatic heterocycles. The molecular weight excluding hydrogens is 232 g/mol. The Bertz CT molecular complexity index is 570. The molecule has 0 saturated heterocycles. The van der Waals surface area contributed by atoms with Crippen LogP contribution in [0.25, 0.3) is 0 Å². The second-order valence-electron chi connectivity index (χ2n) is 4.36. The van der Waals surface area contributed by atoms with Crippen molar-refractivity contribution in [2.75, 3.05) is 7.05 Å². The summed E-state index contributed by atoms with van der Waals surface area (Å²) in [5.74, 6) is 0.671. The average molecular weight is 248 g/mol. The van der Waals surface area contributed by atoms with Crippen LogP contribution in [0.3, 0.4) is 0 Å². The molecule has 0 aliphatic rings. The lowest BCUT2D eigenvalue weighted by Gasteiger charge is -2.14. The largest absolute Gasteiger partial charge is 0.361 e. The predicted molar refractivity (Wildman–Crippen MR) is 65.0 cm³/mol. The highest BCUT2D eigenvalue weighted by Gasteiger charge is 2.18. The van der Waals surface area contributed by atoms with Gasteiger partial charge in [0.2, 0.25) is 0 Å². The molecule has 96 valence electrons. The molecule has 0 spiro atoms. The van der Waals surface area contributed by atoms with Gasteiger partial charge in [-0.1, -0.05) is 5.16 Å². The van der Waals surface area contributed by atoms with Crippen molar-refractivity contribution in [3.8, 4) is 0 Å². The molecule has 0 unspecified atom stereocenters. The zero-order chi connectivity index (χ0) is 13.3. The smallest absolute Gasteiger partial charge is 0.257 e. The first-order valence-electron chi connectivity index (χ1n) is 5.65. The Labute approximate surface area is 105 Å². The summed E-state index contributed by atoms with van der Waals surface area (Å²) in [5.41, 5.74) is 2.20. The van der Waals surface area contributed by atoms with Crippen molar-refractivity contribution in [3.05, 3.63) is 35.0 Å². The maximum atomic E-state index is 12.2. The van der Waals surface area contributed by atoms with Crippen molar-refractivity contribution >= 4 is 5.91 Å². The molecule has 0 bridgehead atoms. The maximum Gasteiger partial charge on any atom is 0.257 e. The van der Waals surface area contributed by atoms with E-state index in [1.165, 1.54) is 0 Å². The summed E-state index contributed by atoms with van der Waals surface area (Å²) in [7, 11) is 3.55. The van der Waals surface area contributed by atoms with Crippen molar-refractivity contribution in [2.24, 2.45) is 7.05 Å². The Morgan fingerprint density at radius 1 is 1.50 bits per heavy atom. The summed E-state index contributed by atoms with van der Waals surface area (Å²) in [6, 6.07) is 1.82. The Kier molecular flexibility index (Phi) is 3.18. The molecule has 0 fully saturated rings. The number of nitrogens with zero attached hydrogens (tertiary/aromatic N) is 4. The van der Waals surface area contributed by atoms with Gasteiger partial charge in [-0.15, -0.1) is 0 Å². The number of hydrogen-bond acceptors (Lipinski definition) is 4. The Hall–Kier alpha value is -2.11. The van der Waals surface area contributed by atoms with E-state index in [-0.39, 0.29) is 5.91 Å². The second kappa shape index (κ2) is 4.64. The predicted octanol–water partition coefficient (Wildman–Crippen LogP) is 1.30. The van der Waals surface area contributed by atoms with Gasteiger partial charge in [-0.25, -0.2) is 0 Å². The third-order valence-corrected chi connectivity index (χ3v) is 2.89. The standard InChI is InChI=1S/C12H16N4O2/c1-8-5-10(14-18-8)7-15(3)12(17)11-6-13-16(4)9(11)2/h5-6H,7H2,1-4H3. The third kappa shape index (κ3) is 2.27. The van der Waals surface area contributed by atoms with E-state index in [9.17, 15) is 4.79 Å². The molecule has 2 rings (SSSR count). The van der Waals surface area contributed by atoms with Gasteiger partial charge in [0, 0.05) is 25.9 Å². The normalized spacial score (nSPS) is 10.7. The first kappa shape index (κ1) is 12.3. The van der Waals surface area contributed by atoms with Crippen LogP contribution in [-0.2, 0) is 13.6 Å². The number of hydrogen-bond donors (Lipinski definition) is 0. The van der Waals surface area contributed by atoms with Gasteiger partial charge in [0.15, 0.2) is 0 Å². The summed E-state index contributed by atoms with van der Waals surface area (Å²) in [4.78, 5) is 13.8. The van der Waals surface area contributed by atoms with Crippen LogP contribution in [0.2, 0.25) is 0 Å². The molecule has 1 amide bonds. The maximum absolute atomic E-state index is 12.2. The Morgan fingerprint density at radius 3 is 2.72 bits per heavy atom. The van der Waals surface area contributed by atoms with Gasteiger partial charge in [0.25, 0.3) is 5.91 Å². The first-order valence-corrected chi connectivity index (χ1v) is 5.65. The molecule has 0 atom stereocenters. The summed E-state index contributed by atoms with van der Waals surface area (Å²) in [6.07, 6.45) is 1.59. The zero-order valence-electron chi connectivity index (χ0n) is 11.0. The lowest BCUT2D eigenvalue weighted by Crippen LogP contribution is -2.26. The average Bonchev–Trinajstić information content (AvgIpc) is 2.87. The Morgan fingerprint density at radius 2 is 2.22 bits per heavy atom. The topological polar surface area (TPSA) is 64.2 Å². The quantitative estimate of drug-likeness (QED) is 0.821. The van der Waals surface area contributed by atoms with E-state index in [4.69, 9.17) is 4.52 Å². The molecule has 2 aromatic heterocycles. The highest BCUT2D eigenvalue weighted by atomic mass is 16.5. The summed E-state index contributed by atoms with van der Waals surface area (Å²) < 4.78 is 6.66. The van der Waals surface area contributed by atoms with Crippen molar-refractivity contribution < 1.29 is 9.32 Å². The fraction of sp³-hybridized carbons (Fsp3) is 0.417. The second-order valence-corrected chi connectivity index (χ2v) is 4.36. The lowest BCUT2D eigenvalue weighted by molar-refractivity contribution is 0.0781. The number of amides is 1. The van der Waals surface area contributed by atoms with Crippen molar-refractivity contribution in [2.45, 2.75) is 20.4 Å². The number of carbonyl (C=O) groups excluding carboxylic acids is 1. The molecular formula is C12H16N4O2. The monoisotopic (exact) mass is 248 g/mol. The number of aryl methyl sites for hydroxylation is 2. The van der Waals surface area contributed by atoms with E-state index in [1.54, 1.807) is 22.8 Å². The minimum Gasteiger partial charge on any atom is -0.361 e. The van der Waals surface area contributed by atoms with E-state index < -0.39 is 0 Å². The van der Waals surface area contributed by atoms with Gasteiger partial charge in [0.05, 0.1) is 18.3 Å². The fourth-order valence-electron chi connectivity index (χ4n) is 1.72. The van der Waals surface area contributed by atoms with Crippen LogP contribution in [0.5, 0.6) is 0 Å². The highest BCUT2D eigenvalue weighted by Crippen LogP contribution is 2.11. The van der Waals surface area contributed by atoms with Crippen LogP contribution in [0, 0.1) is 13.8 Å². The van der Waals surface area contributed by atoms with Crippen LogP contribution in [0.15, 0.2) is 16.8 Å². The number of carbonyl (C=O) groups is 1. The van der Waals surface area contributed by atoms with Gasteiger partial charge < -0.3 is 9.42 Å². The molecule has 6 heteroatoms. The lowest BCUT2D eigenvalue weighted by atomic mass is 10.2.